The molecule has 0 spiro atoms. The molecular formula is C15H26N2O3. The van der Waals surface area contributed by atoms with Gasteiger partial charge < -0.3 is 14.5 Å². The summed E-state index contributed by atoms with van der Waals surface area (Å²) in [6, 6.07) is 0. The van der Waals surface area contributed by atoms with Gasteiger partial charge in [-0.2, -0.15) is 0 Å². The van der Waals surface area contributed by atoms with Crippen LogP contribution in [-0.2, 0) is 4.74 Å². The Hall–Kier alpha value is -1.20. The molecule has 0 radical (unpaired) electrons. The largest absolute Gasteiger partial charge is 0.378 e. The minimum absolute atomic E-state index is 0.0942. The van der Waals surface area contributed by atoms with Crippen LogP contribution >= 0.6 is 0 Å². The Morgan fingerprint density at radius 2 is 1.65 bits per heavy atom. The maximum Gasteiger partial charge on any atom is 0.249 e. The van der Waals surface area contributed by atoms with Gasteiger partial charge in [-0.15, -0.1) is 0 Å². The Morgan fingerprint density at radius 1 is 1.05 bits per heavy atom. The van der Waals surface area contributed by atoms with Crippen molar-refractivity contribution in [3.05, 3.63) is 26.0 Å². The van der Waals surface area contributed by atoms with Gasteiger partial charge in [0, 0.05) is 25.7 Å². The molecule has 5 heteroatoms. The summed E-state index contributed by atoms with van der Waals surface area (Å²) in [6.07, 6.45) is 0. The first kappa shape index (κ1) is 16.9. The monoisotopic (exact) mass is 282 g/mol. The van der Waals surface area contributed by atoms with Crippen LogP contribution in [0.1, 0.15) is 32.3 Å². The molecule has 0 aliphatic heterocycles. The van der Waals surface area contributed by atoms with E-state index in [-0.39, 0.29) is 16.8 Å². The predicted octanol–water partition coefficient (Wildman–Crippen LogP) is 0.811. The number of hydrogen-bond acceptors (Lipinski definition) is 5. The highest BCUT2D eigenvalue weighted by atomic mass is 16.5. The van der Waals surface area contributed by atoms with E-state index in [4.69, 9.17) is 4.74 Å². The lowest BCUT2D eigenvalue weighted by Crippen LogP contribution is -2.43. The number of likely N-dealkylation sites (N-methyl/N-ethyl adjacent to an activating group) is 2. The van der Waals surface area contributed by atoms with Gasteiger partial charge in [-0.25, -0.2) is 0 Å². The fourth-order valence-electron chi connectivity index (χ4n) is 2.11. The Kier molecular flexibility index (Phi) is 6.36. The van der Waals surface area contributed by atoms with Gasteiger partial charge in [0.2, 0.25) is 10.9 Å². The van der Waals surface area contributed by atoms with Gasteiger partial charge in [0.1, 0.15) is 0 Å². The first-order valence-electron chi connectivity index (χ1n) is 7.20. The summed E-state index contributed by atoms with van der Waals surface area (Å²) in [5.74, 6) is 0.0942. The molecule has 0 aromatic heterocycles. The molecule has 0 saturated heterocycles. The van der Waals surface area contributed by atoms with Crippen LogP contribution in [0.15, 0.2) is 9.59 Å². The molecule has 1 rings (SSSR count). The van der Waals surface area contributed by atoms with E-state index < -0.39 is 0 Å². The number of hydrogen-bond donors (Lipinski definition) is 0. The minimum Gasteiger partial charge on any atom is -0.378 e. The summed E-state index contributed by atoms with van der Waals surface area (Å²) in [6.45, 7) is 9.75. The van der Waals surface area contributed by atoms with Crippen molar-refractivity contribution in [1.29, 1.82) is 0 Å². The highest BCUT2D eigenvalue weighted by molar-refractivity contribution is 5.59. The molecule has 0 fully saturated rings. The quantitative estimate of drug-likeness (QED) is 0.495. The molecule has 1 aromatic rings. The summed E-state index contributed by atoms with van der Waals surface area (Å²) in [7, 11) is 3.89. The van der Waals surface area contributed by atoms with Crippen molar-refractivity contribution in [2.75, 3.05) is 51.8 Å². The molecule has 0 saturated carbocycles. The molecule has 20 heavy (non-hydrogen) atoms. The van der Waals surface area contributed by atoms with E-state index in [0.717, 1.165) is 13.1 Å². The minimum atomic E-state index is -0.359. The molecule has 0 atom stereocenters. The Balaban J connectivity index is 2.41. The first-order valence-corrected chi connectivity index (χ1v) is 7.20. The van der Waals surface area contributed by atoms with Crippen LogP contribution < -0.4 is 15.8 Å². The molecule has 0 N–H and O–H groups in total. The van der Waals surface area contributed by atoms with E-state index in [1.54, 1.807) is 0 Å². The van der Waals surface area contributed by atoms with Gasteiger partial charge in [0.15, 0.2) is 0 Å². The molecule has 5 nitrogen and oxygen atoms in total. The molecule has 0 heterocycles. The third kappa shape index (κ3) is 3.90. The van der Waals surface area contributed by atoms with Gasteiger partial charge >= 0.3 is 0 Å². The van der Waals surface area contributed by atoms with Crippen LogP contribution in [0.3, 0.4) is 0 Å². The van der Waals surface area contributed by atoms with E-state index >= 15 is 0 Å². The van der Waals surface area contributed by atoms with Gasteiger partial charge in [0.25, 0.3) is 0 Å². The topological polar surface area (TPSA) is 49.9 Å². The Morgan fingerprint density at radius 3 is 2.20 bits per heavy atom. The molecule has 0 aliphatic carbocycles. The second-order valence-corrected chi connectivity index (χ2v) is 5.51. The standard InChI is InChI=1S/C15H26N2O3/c1-6-16(4)7-9-20-10-8-17(5)13-12(11(2)3)14(18)15(13)19/h11H,6-10H2,1-5H3. The summed E-state index contributed by atoms with van der Waals surface area (Å²) in [4.78, 5) is 27.2. The average Bonchev–Trinajstić information content (AvgIpc) is 2.41. The van der Waals surface area contributed by atoms with Crippen molar-refractivity contribution in [1.82, 2.24) is 4.90 Å². The second kappa shape index (κ2) is 7.55. The summed E-state index contributed by atoms with van der Waals surface area (Å²) >= 11 is 0. The normalized spacial score (nSPS) is 11.8. The second-order valence-electron chi connectivity index (χ2n) is 5.51. The number of nitrogens with zero attached hydrogens (tertiary/aromatic N) is 2. The number of ether oxygens (including phenoxy) is 1. The van der Waals surface area contributed by atoms with Crippen molar-refractivity contribution in [3.8, 4) is 0 Å². The predicted molar refractivity (Wildman–Crippen MR) is 82.7 cm³/mol. The van der Waals surface area contributed by atoms with E-state index in [2.05, 4.69) is 11.8 Å². The fourth-order valence-corrected chi connectivity index (χ4v) is 2.11. The summed E-state index contributed by atoms with van der Waals surface area (Å²) in [5, 5.41) is 0. The van der Waals surface area contributed by atoms with E-state index in [1.165, 1.54) is 0 Å². The van der Waals surface area contributed by atoms with E-state index in [0.29, 0.717) is 31.0 Å². The van der Waals surface area contributed by atoms with Crippen molar-refractivity contribution >= 4 is 5.69 Å². The molecule has 0 bridgehead atoms. The molecule has 114 valence electrons. The highest BCUT2D eigenvalue weighted by Crippen LogP contribution is 2.21. The lowest BCUT2D eigenvalue weighted by molar-refractivity contribution is 0.118. The molecule has 0 amide bonds. The third-order valence-corrected chi connectivity index (χ3v) is 3.61. The van der Waals surface area contributed by atoms with Crippen LogP contribution in [0, 0.1) is 0 Å². The zero-order valence-electron chi connectivity index (χ0n) is 13.2. The van der Waals surface area contributed by atoms with Crippen LogP contribution in [-0.4, -0.2) is 51.8 Å². The maximum atomic E-state index is 11.6. The van der Waals surface area contributed by atoms with Crippen LogP contribution in [0.4, 0.5) is 5.69 Å². The van der Waals surface area contributed by atoms with Crippen molar-refractivity contribution in [2.45, 2.75) is 26.7 Å². The summed E-state index contributed by atoms with van der Waals surface area (Å²) < 4.78 is 5.55. The van der Waals surface area contributed by atoms with Crippen LogP contribution in [0.2, 0.25) is 0 Å². The van der Waals surface area contributed by atoms with E-state index in [1.807, 2.05) is 32.8 Å². The first-order chi connectivity index (χ1) is 9.40. The Labute approximate surface area is 120 Å². The van der Waals surface area contributed by atoms with Gasteiger partial charge in [-0.1, -0.05) is 20.8 Å². The van der Waals surface area contributed by atoms with Gasteiger partial charge in [-0.3, -0.25) is 9.59 Å². The van der Waals surface area contributed by atoms with Crippen LogP contribution in [0.25, 0.3) is 0 Å². The number of rotatable bonds is 9. The highest BCUT2D eigenvalue weighted by Gasteiger charge is 2.25. The molecule has 1 aromatic carbocycles. The zero-order chi connectivity index (χ0) is 15.3. The molecule has 0 unspecified atom stereocenters. The zero-order valence-corrected chi connectivity index (χ0v) is 13.2. The lowest BCUT2D eigenvalue weighted by Gasteiger charge is -2.24. The van der Waals surface area contributed by atoms with Crippen molar-refractivity contribution < 1.29 is 4.74 Å². The molecular weight excluding hydrogens is 256 g/mol. The molecule has 0 aliphatic rings. The lowest BCUT2D eigenvalue weighted by atomic mass is 9.95. The SMILES string of the molecule is CCN(C)CCOCCN(C)c1c(C(C)C)c(=O)c1=O. The Bertz CT molecular complexity index is 489. The number of anilines is 1. The van der Waals surface area contributed by atoms with E-state index in [9.17, 15) is 9.59 Å². The third-order valence-electron chi connectivity index (χ3n) is 3.61. The fraction of sp³-hybridized carbons (Fsp3) is 0.733. The average molecular weight is 282 g/mol. The van der Waals surface area contributed by atoms with Crippen molar-refractivity contribution in [2.24, 2.45) is 0 Å². The summed E-state index contributed by atoms with van der Waals surface area (Å²) in [5.41, 5.74) is 0.539. The van der Waals surface area contributed by atoms with Gasteiger partial charge in [0.05, 0.1) is 18.9 Å². The van der Waals surface area contributed by atoms with Gasteiger partial charge in [-0.05, 0) is 19.5 Å². The van der Waals surface area contributed by atoms with Crippen LogP contribution in [0.5, 0.6) is 0 Å². The smallest absolute Gasteiger partial charge is 0.249 e. The van der Waals surface area contributed by atoms with Crippen molar-refractivity contribution in [3.63, 3.8) is 0 Å². The maximum absolute atomic E-state index is 11.6.